The summed E-state index contributed by atoms with van der Waals surface area (Å²) in [6.07, 6.45) is 2.60. The molecule has 1 rings (SSSR count). The quantitative estimate of drug-likeness (QED) is 0.677. The molecule has 0 spiro atoms. The number of nitrogens with two attached hydrogens (primary N) is 1. The van der Waals surface area contributed by atoms with Crippen molar-refractivity contribution in [3.8, 4) is 0 Å². The van der Waals surface area contributed by atoms with Gasteiger partial charge in [0, 0.05) is 6.54 Å². The number of aliphatic hydroxyl groups is 1. The van der Waals surface area contributed by atoms with Gasteiger partial charge < -0.3 is 10.8 Å². The summed E-state index contributed by atoms with van der Waals surface area (Å²) in [5.74, 6) is 0. The van der Waals surface area contributed by atoms with Gasteiger partial charge in [0.2, 0.25) is 0 Å². The van der Waals surface area contributed by atoms with E-state index in [9.17, 15) is 0 Å². The second-order valence-corrected chi connectivity index (χ2v) is 2.27. The van der Waals surface area contributed by atoms with Gasteiger partial charge in [-0.15, -0.1) is 17.5 Å². The van der Waals surface area contributed by atoms with Crippen LogP contribution >= 0.6 is 12.4 Å². The molecule has 0 radical (unpaired) electrons. The Labute approximate surface area is 77.0 Å². The van der Waals surface area contributed by atoms with E-state index >= 15 is 0 Å². The Morgan fingerprint density at radius 2 is 2.33 bits per heavy atom. The zero-order valence-electron chi connectivity index (χ0n) is 6.68. The fourth-order valence-electron chi connectivity index (χ4n) is 0.774. The number of hydrogen-bond donors (Lipinski definition) is 2. The molecule has 0 fully saturated rings. The first-order valence-corrected chi connectivity index (χ1v) is 3.56. The van der Waals surface area contributed by atoms with Crippen LogP contribution in [0.15, 0.2) is 6.20 Å². The second-order valence-electron chi connectivity index (χ2n) is 2.27. The average molecular weight is 193 g/mol. The number of aryl methyl sites for hydroxylation is 1. The topological polar surface area (TPSA) is 77.0 Å². The second kappa shape index (κ2) is 5.93. The fraction of sp³-hybridized carbons (Fsp3) is 0.667. The van der Waals surface area contributed by atoms with Gasteiger partial charge in [-0.3, -0.25) is 4.68 Å². The van der Waals surface area contributed by atoms with Crippen LogP contribution in [-0.4, -0.2) is 26.6 Å². The van der Waals surface area contributed by atoms with E-state index in [0.29, 0.717) is 12.2 Å². The van der Waals surface area contributed by atoms with Crippen molar-refractivity contribution in [3.63, 3.8) is 0 Å². The summed E-state index contributed by atoms with van der Waals surface area (Å²) in [6, 6.07) is 0. The normalized spacial score (nSPS) is 9.50. The molecule has 0 aliphatic carbocycles. The molecule has 0 aliphatic heterocycles. The molecule has 0 bridgehead atoms. The van der Waals surface area contributed by atoms with Crippen LogP contribution in [0.25, 0.3) is 0 Å². The van der Waals surface area contributed by atoms with Gasteiger partial charge >= 0.3 is 0 Å². The molecule has 5 nitrogen and oxygen atoms in total. The average Bonchev–Trinajstić information content (AvgIpc) is 2.48. The Hall–Kier alpha value is -0.650. The zero-order chi connectivity index (χ0) is 8.10. The van der Waals surface area contributed by atoms with Crippen LogP contribution in [0.4, 0.5) is 0 Å². The number of aliphatic hydroxyl groups excluding tert-OH is 1. The molecule has 0 saturated heterocycles. The predicted octanol–water partition coefficient (Wildman–Crippen LogP) is -0.459. The fourth-order valence-corrected chi connectivity index (χ4v) is 0.774. The molecule has 3 N–H and O–H groups in total. The third-order valence-corrected chi connectivity index (χ3v) is 1.34. The molecule has 70 valence electrons. The molecule has 6 heteroatoms. The maximum atomic E-state index is 8.64. The molecule has 1 heterocycles. The minimum atomic E-state index is -0.0530. The Balaban J connectivity index is 0.00000121. The highest BCUT2D eigenvalue weighted by Gasteiger charge is 1.96. The van der Waals surface area contributed by atoms with Crippen molar-refractivity contribution in [2.45, 2.75) is 19.6 Å². The Morgan fingerprint density at radius 1 is 1.58 bits per heavy atom. The molecule has 0 amide bonds. The molecule has 1 aromatic rings. The summed E-state index contributed by atoms with van der Waals surface area (Å²) in [6.45, 7) is 1.36. The molecule has 1 aromatic heterocycles. The number of rotatable bonds is 4. The lowest BCUT2D eigenvalue weighted by Gasteiger charge is -1.94. The highest BCUT2D eigenvalue weighted by atomic mass is 35.5. The van der Waals surface area contributed by atoms with Crippen molar-refractivity contribution < 1.29 is 5.11 Å². The first-order valence-electron chi connectivity index (χ1n) is 3.56. The monoisotopic (exact) mass is 192 g/mol. The molecular weight excluding hydrogens is 180 g/mol. The van der Waals surface area contributed by atoms with Crippen molar-refractivity contribution in [3.05, 3.63) is 11.9 Å². The molecule has 0 aromatic carbocycles. The van der Waals surface area contributed by atoms with Gasteiger partial charge in [-0.05, 0) is 13.0 Å². The largest absolute Gasteiger partial charge is 0.390 e. The van der Waals surface area contributed by atoms with Crippen molar-refractivity contribution in [1.29, 1.82) is 0 Å². The van der Waals surface area contributed by atoms with E-state index in [1.165, 1.54) is 0 Å². The first-order chi connectivity index (χ1) is 5.36. The summed E-state index contributed by atoms with van der Waals surface area (Å²) in [5.41, 5.74) is 5.90. The van der Waals surface area contributed by atoms with E-state index in [-0.39, 0.29) is 19.0 Å². The van der Waals surface area contributed by atoms with Gasteiger partial charge in [-0.25, -0.2) is 0 Å². The minimum Gasteiger partial charge on any atom is -0.390 e. The van der Waals surface area contributed by atoms with E-state index in [0.717, 1.165) is 13.0 Å². The van der Waals surface area contributed by atoms with E-state index in [4.69, 9.17) is 10.8 Å². The molecule has 0 saturated carbocycles. The summed E-state index contributed by atoms with van der Waals surface area (Å²) in [7, 11) is 0. The summed E-state index contributed by atoms with van der Waals surface area (Å²) in [4.78, 5) is 0. The third-order valence-electron chi connectivity index (χ3n) is 1.34. The summed E-state index contributed by atoms with van der Waals surface area (Å²) in [5, 5.41) is 16.1. The van der Waals surface area contributed by atoms with Crippen LogP contribution in [0.1, 0.15) is 12.1 Å². The standard InChI is InChI=1S/C6H12N4O.ClH/c7-2-1-3-10-4-6(5-11)8-9-10;/h4,11H,1-3,5,7H2;1H. The smallest absolute Gasteiger partial charge is 0.108 e. The van der Waals surface area contributed by atoms with Crippen molar-refractivity contribution >= 4 is 12.4 Å². The van der Waals surface area contributed by atoms with Crippen LogP contribution < -0.4 is 5.73 Å². The molecule has 0 atom stereocenters. The third kappa shape index (κ3) is 3.17. The Morgan fingerprint density at radius 3 is 2.83 bits per heavy atom. The van der Waals surface area contributed by atoms with E-state index in [1.54, 1.807) is 10.9 Å². The maximum Gasteiger partial charge on any atom is 0.108 e. The highest BCUT2D eigenvalue weighted by molar-refractivity contribution is 5.85. The number of aromatic nitrogens is 3. The number of halogens is 1. The first kappa shape index (κ1) is 11.4. The van der Waals surface area contributed by atoms with E-state index < -0.39 is 0 Å². The highest BCUT2D eigenvalue weighted by Crippen LogP contribution is 1.92. The van der Waals surface area contributed by atoms with Gasteiger partial charge in [0.15, 0.2) is 0 Å². The molecule has 0 aliphatic rings. The van der Waals surface area contributed by atoms with Crippen molar-refractivity contribution in [2.75, 3.05) is 6.54 Å². The van der Waals surface area contributed by atoms with Crippen LogP contribution in [-0.2, 0) is 13.2 Å². The minimum absolute atomic E-state index is 0. The van der Waals surface area contributed by atoms with Crippen LogP contribution in [0, 0.1) is 0 Å². The lowest BCUT2D eigenvalue weighted by atomic mass is 10.4. The molecule has 12 heavy (non-hydrogen) atoms. The van der Waals surface area contributed by atoms with Gasteiger partial charge in [0.1, 0.15) is 5.69 Å². The van der Waals surface area contributed by atoms with Crippen molar-refractivity contribution in [1.82, 2.24) is 15.0 Å². The lowest BCUT2D eigenvalue weighted by Crippen LogP contribution is -2.06. The van der Waals surface area contributed by atoms with Gasteiger partial charge in [-0.2, -0.15) is 0 Å². The van der Waals surface area contributed by atoms with Crippen molar-refractivity contribution in [2.24, 2.45) is 5.73 Å². The van der Waals surface area contributed by atoms with Gasteiger partial charge in [0.25, 0.3) is 0 Å². The zero-order valence-corrected chi connectivity index (χ0v) is 7.50. The Kier molecular flexibility index (Phi) is 5.61. The maximum absolute atomic E-state index is 8.64. The summed E-state index contributed by atoms with van der Waals surface area (Å²) >= 11 is 0. The van der Waals surface area contributed by atoms with Crippen LogP contribution in [0.5, 0.6) is 0 Å². The van der Waals surface area contributed by atoms with E-state index in [2.05, 4.69) is 10.3 Å². The Bertz CT molecular complexity index is 215. The lowest BCUT2D eigenvalue weighted by molar-refractivity contribution is 0.276. The number of nitrogens with zero attached hydrogens (tertiary/aromatic N) is 3. The van der Waals surface area contributed by atoms with E-state index in [1.807, 2.05) is 0 Å². The SMILES string of the molecule is Cl.NCCCn1cc(CO)nn1. The molecular formula is C6H13ClN4O. The number of hydrogen-bond acceptors (Lipinski definition) is 4. The summed E-state index contributed by atoms with van der Waals surface area (Å²) < 4.78 is 1.68. The van der Waals surface area contributed by atoms with Gasteiger partial charge in [-0.1, -0.05) is 5.21 Å². The van der Waals surface area contributed by atoms with Crippen LogP contribution in [0.3, 0.4) is 0 Å². The molecule has 0 unspecified atom stereocenters. The van der Waals surface area contributed by atoms with Crippen LogP contribution in [0.2, 0.25) is 0 Å². The predicted molar refractivity (Wildman–Crippen MR) is 46.9 cm³/mol. The van der Waals surface area contributed by atoms with Gasteiger partial charge in [0.05, 0.1) is 12.8 Å².